The maximum Gasteiger partial charge on any atom is 0.417 e. The van der Waals surface area contributed by atoms with E-state index in [0.29, 0.717) is 23.7 Å². The maximum atomic E-state index is 13.0. The van der Waals surface area contributed by atoms with Crippen LogP contribution in [0.3, 0.4) is 0 Å². The van der Waals surface area contributed by atoms with E-state index in [-0.39, 0.29) is 11.4 Å². The fraction of sp³-hybridized carbons (Fsp3) is 0.208. The van der Waals surface area contributed by atoms with E-state index in [4.69, 9.17) is 16.3 Å². The van der Waals surface area contributed by atoms with Crippen molar-refractivity contribution in [2.75, 3.05) is 17.2 Å². The van der Waals surface area contributed by atoms with E-state index < -0.39 is 28.7 Å². The number of carbonyl (C=O) groups excluding carboxylic acids is 2. The first-order valence-electron chi connectivity index (χ1n) is 10.9. The fourth-order valence-corrected chi connectivity index (χ4v) is 3.15. The molecule has 1 heterocycles. The highest BCUT2D eigenvalue weighted by molar-refractivity contribution is 6.31. The molecule has 0 saturated carbocycles. The summed E-state index contributed by atoms with van der Waals surface area (Å²) in [4.78, 5) is 28.4. The first kappa shape index (κ1) is 26.8. The van der Waals surface area contributed by atoms with Crippen molar-refractivity contribution in [3.63, 3.8) is 0 Å². The summed E-state index contributed by atoms with van der Waals surface area (Å²) >= 11 is 5.59. The molecule has 4 N–H and O–H groups in total. The van der Waals surface area contributed by atoms with Gasteiger partial charge >= 0.3 is 12.2 Å². The van der Waals surface area contributed by atoms with Gasteiger partial charge in [0.05, 0.1) is 10.6 Å². The van der Waals surface area contributed by atoms with Crippen LogP contribution in [0.2, 0.25) is 5.02 Å². The zero-order valence-corrected chi connectivity index (χ0v) is 19.8. The number of rotatable bonds is 9. The Bertz CT molecular complexity index is 1210. The molecule has 0 aliphatic heterocycles. The SMILES string of the molecule is CCCCNNC(=O)c1cc(Oc2ccc(NC(=O)Nc3ccc(Cl)c(C(F)(F)F)c3)cc2)ccn1. The van der Waals surface area contributed by atoms with Gasteiger partial charge in [-0.05, 0) is 55.0 Å². The fourth-order valence-electron chi connectivity index (χ4n) is 2.93. The molecule has 12 heteroatoms. The number of anilines is 2. The van der Waals surface area contributed by atoms with E-state index >= 15 is 0 Å². The van der Waals surface area contributed by atoms with E-state index in [9.17, 15) is 22.8 Å². The summed E-state index contributed by atoms with van der Waals surface area (Å²) in [5, 5.41) is 4.39. The molecule has 8 nitrogen and oxygen atoms in total. The molecule has 190 valence electrons. The quantitative estimate of drug-likeness (QED) is 0.197. The molecule has 2 aromatic carbocycles. The number of hydrogen-bond donors (Lipinski definition) is 4. The number of hydrazine groups is 1. The minimum Gasteiger partial charge on any atom is -0.457 e. The lowest BCUT2D eigenvalue weighted by Crippen LogP contribution is -2.38. The van der Waals surface area contributed by atoms with Crippen LogP contribution in [0, 0.1) is 0 Å². The van der Waals surface area contributed by atoms with Gasteiger partial charge in [-0.2, -0.15) is 13.2 Å². The molecule has 0 spiro atoms. The Hall–Kier alpha value is -3.83. The number of benzene rings is 2. The largest absolute Gasteiger partial charge is 0.457 e. The average Bonchev–Trinajstić information content (AvgIpc) is 2.83. The summed E-state index contributed by atoms with van der Waals surface area (Å²) in [7, 11) is 0. The van der Waals surface area contributed by atoms with E-state index in [1.54, 1.807) is 30.3 Å². The van der Waals surface area contributed by atoms with E-state index in [0.717, 1.165) is 25.0 Å². The van der Waals surface area contributed by atoms with Gasteiger partial charge in [0.15, 0.2) is 0 Å². The van der Waals surface area contributed by atoms with E-state index in [1.807, 2.05) is 6.92 Å². The molecule has 3 amide bonds. The molecule has 3 rings (SSSR count). The van der Waals surface area contributed by atoms with Crippen molar-refractivity contribution in [1.82, 2.24) is 15.8 Å². The number of amides is 3. The van der Waals surface area contributed by atoms with Crippen LogP contribution in [0.5, 0.6) is 11.5 Å². The highest BCUT2D eigenvalue weighted by Crippen LogP contribution is 2.36. The Morgan fingerprint density at radius 2 is 1.67 bits per heavy atom. The van der Waals surface area contributed by atoms with Crippen LogP contribution >= 0.6 is 11.6 Å². The van der Waals surface area contributed by atoms with Crippen molar-refractivity contribution in [2.24, 2.45) is 0 Å². The summed E-state index contributed by atoms with van der Waals surface area (Å²) < 4.78 is 44.7. The van der Waals surface area contributed by atoms with Crippen LogP contribution in [-0.4, -0.2) is 23.5 Å². The minimum absolute atomic E-state index is 0.0673. The van der Waals surface area contributed by atoms with Gasteiger partial charge in [-0.25, -0.2) is 10.2 Å². The van der Waals surface area contributed by atoms with Crippen molar-refractivity contribution in [3.8, 4) is 11.5 Å². The molecule has 0 radical (unpaired) electrons. The first-order valence-corrected chi connectivity index (χ1v) is 11.3. The summed E-state index contributed by atoms with van der Waals surface area (Å²) in [5.41, 5.74) is 4.82. The lowest BCUT2D eigenvalue weighted by Gasteiger charge is -2.12. The number of nitrogens with zero attached hydrogens (tertiary/aromatic N) is 1. The Kier molecular flexibility index (Phi) is 9.09. The number of urea groups is 1. The summed E-state index contributed by atoms with van der Waals surface area (Å²) in [5.74, 6) is 0.405. The normalized spacial score (nSPS) is 11.0. The zero-order chi connectivity index (χ0) is 26.1. The topological polar surface area (TPSA) is 104 Å². The van der Waals surface area contributed by atoms with E-state index in [2.05, 4.69) is 26.5 Å². The van der Waals surface area contributed by atoms with Crippen molar-refractivity contribution in [2.45, 2.75) is 25.9 Å². The first-order chi connectivity index (χ1) is 17.2. The number of pyridine rings is 1. The van der Waals surface area contributed by atoms with Crippen LogP contribution < -0.4 is 26.2 Å². The zero-order valence-electron chi connectivity index (χ0n) is 19.1. The highest BCUT2D eigenvalue weighted by Gasteiger charge is 2.33. The number of unbranched alkanes of at least 4 members (excludes halogenated alkanes) is 1. The molecule has 36 heavy (non-hydrogen) atoms. The summed E-state index contributed by atoms with van der Waals surface area (Å²) in [6, 6.07) is 11.6. The molecule has 0 saturated heterocycles. The molecule has 0 fully saturated rings. The van der Waals surface area contributed by atoms with Gasteiger partial charge in [-0.15, -0.1) is 0 Å². The third-order valence-electron chi connectivity index (χ3n) is 4.70. The van der Waals surface area contributed by atoms with Crippen LogP contribution in [-0.2, 0) is 6.18 Å². The smallest absolute Gasteiger partial charge is 0.417 e. The molecule has 0 unspecified atom stereocenters. The minimum atomic E-state index is -4.65. The molecular formula is C24H23ClF3N5O3. The number of carbonyl (C=O) groups is 2. The molecule has 3 aromatic rings. The average molecular weight is 522 g/mol. The molecule has 1 aromatic heterocycles. The number of alkyl halides is 3. The third-order valence-corrected chi connectivity index (χ3v) is 5.03. The molecule has 0 atom stereocenters. The monoisotopic (exact) mass is 521 g/mol. The number of nitrogens with one attached hydrogen (secondary N) is 4. The van der Waals surface area contributed by atoms with Gasteiger partial charge in [0.2, 0.25) is 0 Å². The Labute approximate surface area is 210 Å². The van der Waals surface area contributed by atoms with Crippen molar-refractivity contribution < 1.29 is 27.5 Å². The second-order valence-corrected chi connectivity index (χ2v) is 7.92. The predicted molar refractivity (Wildman–Crippen MR) is 130 cm³/mol. The number of ether oxygens (including phenoxy) is 1. The van der Waals surface area contributed by atoms with Gasteiger partial charge in [0.25, 0.3) is 5.91 Å². The number of halogens is 4. The number of aromatic nitrogens is 1. The van der Waals surface area contributed by atoms with Crippen molar-refractivity contribution in [3.05, 3.63) is 77.1 Å². The van der Waals surface area contributed by atoms with Crippen molar-refractivity contribution in [1.29, 1.82) is 0 Å². The second kappa shape index (κ2) is 12.2. The number of hydrogen-bond acceptors (Lipinski definition) is 5. The van der Waals surface area contributed by atoms with Gasteiger partial charge in [-0.1, -0.05) is 24.9 Å². The Morgan fingerprint density at radius 1 is 0.972 bits per heavy atom. The van der Waals surface area contributed by atoms with Gasteiger partial charge < -0.3 is 15.4 Å². The standard InChI is InChI=1S/C24H23ClF3N5O3/c1-2-3-11-30-33-22(34)21-14-18(10-12-29-21)36-17-7-4-15(5-8-17)31-23(35)32-16-6-9-20(25)19(13-16)24(26,27)28/h4-10,12-14,30H,2-3,11H2,1H3,(H,33,34)(H2,31,32,35). The lowest BCUT2D eigenvalue weighted by atomic mass is 10.2. The predicted octanol–water partition coefficient (Wildman–Crippen LogP) is 6.22. The van der Waals surface area contributed by atoms with Crippen LogP contribution in [0.15, 0.2) is 60.8 Å². The third kappa shape index (κ3) is 7.85. The summed E-state index contributed by atoms with van der Waals surface area (Å²) in [6.07, 6.45) is -1.29. The molecule has 0 aliphatic carbocycles. The highest BCUT2D eigenvalue weighted by atomic mass is 35.5. The van der Waals surface area contributed by atoms with Gasteiger partial charge in [0, 0.05) is 30.2 Å². The van der Waals surface area contributed by atoms with Crippen molar-refractivity contribution >= 4 is 34.9 Å². The van der Waals surface area contributed by atoms with Crippen LogP contribution in [0.25, 0.3) is 0 Å². The van der Waals surface area contributed by atoms with E-state index in [1.165, 1.54) is 18.3 Å². The molecule has 0 aliphatic rings. The molecule has 0 bridgehead atoms. The Morgan fingerprint density at radius 3 is 2.36 bits per heavy atom. The maximum absolute atomic E-state index is 13.0. The second-order valence-electron chi connectivity index (χ2n) is 7.51. The van der Waals surface area contributed by atoms with Gasteiger partial charge in [-0.3, -0.25) is 15.2 Å². The summed E-state index contributed by atoms with van der Waals surface area (Å²) in [6.45, 7) is 2.69. The van der Waals surface area contributed by atoms with Gasteiger partial charge in [0.1, 0.15) is 17.2 Å². The lowest BCUT2D eigenvalue weighted by molar-refractivity contribution is -0.137. The van der Waals surface area contributed by atoms with Crippen LogP contribution in [0.1, 0.15) is 35.8 Å². The van der Waals surface area contributed by atoms with Crippen LogP contribution in [0.4, 0.5) is 29.3 Å². The molecular weight excluding hydrogens is 499 g/mol. The Balaban J connectivity index is 1.56.